The molecule has 2 N–H and O–H groups in total. The topological polar surface area (TPSA) is 93.2 Å². The van der Waals surface area contributed by atoms with Gasteiger partial charge in [-0.1, -0.05) is 97.9 Å². The van der Waals surface area contributed by atoms with E-state index < -0.39 is 23.6 Å². The van der Waals surface area contributed by atoms with Crippen molar-refractivity contribution < 1.29 is 19.5 Å². The van der Waals surface area contributed by atoms with Gasteiger partial charge in [-0.3, -0.25) is 14.4 Å². The van der Waals surface area contributed by atoms with Gasteiger partial charge in [0.15, 0.2) is 0 Å². The zero-order valence-electron chi connectivity index (χ0n) is 28.2. The molecule has 8 heteroatoms. The van der Waals surface area contributed by atoms with Crippen LogP contribution in [0.4, 0.5) is 0 Å². The number of rotatable bonds is 11. The fraction of sp³-hybridized carbons (Fsp3) is 0.475. The van der Waals surface area contributed by atoms with Gasteiger partial charge in [0.05, 0.1) is 11.5 Å². The molecule has 0 unspecified atom stereocenters. The quantitative estimate of drug-likeness (QED) is 0.296. The second-order valence-corrected chi connectivity index (χ2v) is 13.9. The van der Waals surface area contributed by atoms with Gasteiger partial charge < -0.3 is 25.1 Å². The molecular formula is C40H50N4O4. The summed E-state index contributed by atoms with van der Waals surface area (Å²) in [6, 6.07) is 28.8. The normalized spacial score (nSPS) is 23.3. The summed E-state index contributed by atoms with van der Waals surface area (Å²) < 4.78 is 0. The molecule has 3 amide bonds. The fourth-order valence-corrected chi connectivity index (χ4v) is 8.32. The Labute approximate surface area is 285 Å². The van der Waals surface area contributed by atoms with Crippen LogP contribution >= 0.6 is 0 Å². The monoisotopic (exact) mass is 650 g/mol. The van der Waals surface area contributed by atoms with Crippen molar-refractivity contribution >= 4 is 17.7 Å². The summed E-state index contributed by atoms with van der Waals surface area (Å²) in [6.45, 7) is 6.57. The van der Waals surface area contributed by atoms with Gasteiger partial charge in [-0.15, -0.1) is 0 Å². The Morgan fingerprint density at radius 2 is 1.35 bits per heavy atom. The summed E-state index contributed by atoms with van der Waals surface area (Å²) in [4.78, 5) is 48.1. The predicted octanol–water partition coefficient (Wildman–Crippen LogP) is 4.60. The third-order valence-corrected chi connectivity index (χ3v) is 10.6. The van der Waals surface area contributed by atoms with Gasteiger partial charge in [-0.05, 0) is 67.8 Å². The number of benzene rings is 3. The number of likely N-dealkylation sites (tertiary alicyclic amines) is 3. The molecule has 3 heterocycles. The van der Waals surface area contributed by atoms with E-state index in [0.717, 1.165) is 62.0 Å². The molecule has 6 rings (SSSR count). The highest BCUT2D eigenvalue weighted by molar-refractivity contribution is 5.93. The number of carbonyl (C=O) groups is 3. The van der Waals surface area contributed by atoms with Gasteiger partial charge in [-0.2, -0.15) is 0 Å². The van der Waals surface area contributed by atoms with E-state index in [4.69, 9.17) is 0 Å². The van der Waals surface area contributed by atoms with Crippen LogP contribution in [0.1, 0.15) is 68.6 Å². The lowest BCUT2D eigenvalue weighted by molar-refractivity contribution is -0.146. The first-order valence-electron chi connectivity index (χ1n) is 17.9. The number of aliphatic hydroxyl groups excluding tert-OH is 1. The molecule has 0 aromatic heterocycles. The standard InChI is InChI=1S/C40H50N4O4/c1-2-22-42-23-12-14-30(28-42)27-41-38(47)35-21-13-24-43(35)39(48)36-25-34(45)29-44(36)37(46)26-40(31-15-6-3-7-16-31,32-17-8-4-9-18-32)33-19-10-5-11-20-33/h3-11,15-20,30,34-36,45H,2,12-14,21-29H2,1H3,(H,41,47)/t30-,34-,35-,36+/m1/s1. The summed E-state index contributed by atoms with van der Waals surface area (Å²) in [6.07, 6.45) is 4.15. The largest absolute Gasteiger partial charge is 0.391 e. The van der Waals surface area contributed by atoms with Crippen molar-refractivity contribution in [3.8, 4) is 0 Å². The van der Waals surface area contributed by atoms with Crippen LogP contribution in [0.25, 0.3) is 0 Å². The fourth-order valence-electron chi connectivity index (χ4n) is 8.32. The van der Waals surface area contributed by atoms with E-state index in [0.29, 0.717) is 25.4 Å². The molecule has 0 aliphatic carbocycles. The van der Waals surface area contributed by atoms with Crippen molar-refractivity contribution in [1.29, 1.82) is 0 Å². The Kier molecular flexibility index (Phi) is 10.9. The number of hydrogen-bond acceptors (Lipinski definition) is 5. The highest BCUT2D eigenvalue weighted by atomic mass is 16.3. The van der Waals surface area contributed by atoms with E-state index in [1.807, 2.05) is 54.6 Å². The minimum absolute atomic E-state index is 0.0852. The first-order valence-corrected chi connectivity index (χ1v) is 17.9. The second-order valence-electron chi connectivity index (χ2n) is 13.9. The molecular weight excluding hydrogens is 600 g/mol. The van der Waals surface area contributed by atoms with Gasteiger partial charge >= 0.3 is 0 Å². The van der Waals surface area contributed by atoms with Crippen LogP contribution in [0.2, 0.25) is 0 Å². The smallest absolute Gasteiger partial charge is 0.246 e. The summed E-state index contributed by atoms with van der Waals surface area (Å²) in [5, 5.41) is 14.0. The van der Waals surface area contributed by atoms with Gasteiger partial charge in [0.2, 0.25) is 17.7 Å². The zero-order valence-corrected chi connectivity index (χ0v) is 28.2. The van der Waals surface area contributed by atoms with Crippen molar-refractivity contribution in [3.05, 3.63) is 108 Å². The van der Waals surface area contributed by atoms with Crippen molar-refractivity contribution in [1.82, 2.24) is 20.0 Å². The Morgan fingerprint density at radius 3 is 1.94 bits per heavy atom. The molecule has 0 bridgehead atoms. The Balaban J connectivity index is 1.22. The summed E-state index contributed by atoms with van der Waals surface area (Å²) in [5.74, 6) is -0.136. The van der Waals surface area contributed by atoms with Gasteiger partial charge in [0, 0.05) is 39.0 Å². The third kappa shape index (κ3) is 7.20. The molecule has 48 heavy (non-hydrogen) atoms. The summed E-state index contributed by atoms with van der Waals surface area (Å²) >= 11 is 0. The second kappa shape index (κ2) is 15.5. The molecule has 3 aliphatic rings. The number of nitrogens with zero attached hydrogens (tertiary/aromatic N) is 3. The third-order valence-electron chi connectivity index (χ3n) is 10.6. The lowest BCUT2D eigenvalue weighted by Gasteiger charge is -2.38. The SMILES string of the molecule is CCCN1CCC[C@H](CNC(=O)[C@H]2CCCN2C(=O)[C@@H]2C[C@@H](O)CN2C(=O)CC(c2ccccc2)(c2ccccc2)c2ccccc2)C1. The molecule has 3 aliphatic heterocycles. The predicted molar refractivity (Wildman–Crippen MR) is 187 cm³/mol. The van der Waals surface area contributed by atoms with Crippen molar-refractivity contribution in [2.24, 2.45) is 5.92 Å². The number of carbonyl (C=O) groups excluding carboxylic acids is 3. The molecule has 3 aromatic rings. The number of hydrogen-bond donors (Lipinski definition) is 2. The highest BCUT2D eigenvalue weighted by Gasteiger charge is 2.47. The Bertz CT molecular complexity index is 1420. The molecule has 3 aromatic carbocycles. The van der Waals surface area contributed by atoms with E-state index in [9.17, 15) is 19.5 Å². The average molecular weight is 651 g/mol. The number of piperidine rings is 1. The molecule has 3 saturated heterocycles. The van der Waals surface area contributed by atoms with Crippen LogP contribution < -0.4 is 5.32 Å². The minimum atomic E-state index is -0.818. The van der Waals surface area contributed by atoms with Crippen molar-refractivity contribution in [2.45, 2.75) is 75.5 Å². The number of β-amino-alcohol motifs (C(OH)–C–C–N with tert-alkyl or cyclic N) is 1. The van der Waals surface area contributed by atoms with Crippen LogP contribution in [0.3, 0.4) is 0 Å². The van der Waals surface area contributed by atoms with Crippen LogP contribution in [0.15, 0.2) is 91.0 Å². The van der Waals surface area contributed by atoms with E-state index >= 15 is 0 Å². The maximum atomic E-state index is 14.6. The van der Waals surface area contributed by atoms with Gasteiger partial charge in [0.25, 0.3) is 0 Å². The molecule has 0 saturated carbocycles. The zero-order chi connectivity index (χ0) is 33.5. The van der Waals surface area contributed by atoms with Crippen molar-refractivity contribution in [3.63, 3.8) is 0 Å². The summed E-state index contributed by atoms with van der Waals surface area (Å²) in [7, 11) is 0. The molecule has 0 radical (unpaired) electrons. The first-order chi connectivity index (χ1) is 23.4. The molecule has 8 nitrogen and oxygen atoms in total. The molecule has 0 spiro atoms. The molecule has 3 fully saturated rings. The van der Waals surface area contributed by atoms with Crippen LogP contribution in [-0.4, -0.2) is 95.0 Å². The average Bonchev–Trinajstić information content (AvgIpc) is 3.78. The van der Waals surface area contributed by atoms with Gasteiger partial charge in [-0.25, -0.2) is 0 Å². The highest BCUT2D eigenvalue weighted by Crippen LogP contribution is 2.43. The maximum Gasteiger partial charge on any atom is 0.246 e. The Morgan fingerprint density at radius 1 is 0.771 bits per heavy atom. The van der Waals surface area contributed by atoms with E-state index in [2.05, 4.69) is 53.5 Å². The molecule has 4 atom stereocenters. The first kappa shape index (κ1) is 33.9. The van der Waals surface area contributed by atoms with Crippen LogP contribution in [0.5, 0.6) is 0 Å². The number of aliphatic hydroxyl groups is 1. The lowest BCUT2D eigenvalue weighted by Crippen LogP contribution is -2.54. The minimum Gasteiger partial charge on any atom is -0.391 e. The lowest BCUT2D eigenvalue weighted by atomic mass is 9.67. The van der Waals surface area contributed by atoms with Crippen LogP contribution in [-0.2, 0) is 19.8 Å². The van der Waals surface area contributed by atoms with E-state index in [1.165, 1.54) is 0 Å². The molecule has 254 valence electrons. The van der Waals surface area contributed by atoms with Gasteiger partial charge in [0.1, 0.15) is 12.1 Å². The number of amides is 3. The van der Waals surface area contributed by atoms with E-state index in [1.54, 1.807) is 9.80 Å². The van der Waals surface area contributed by atoms with Crippen LogP contribution in [0, 0.1) is 5.92 Å². The Hall–Kier alpha value is -4.01. The van der Waals surface area contributed by atoms with E-state index in [-0.39, 0.29) is 37.1 Å². The van der Waals surface area contributed by atoms with Crippen molar-refractivity contribution in [2.75, 3.05) is 39.3 Å². The summed E-state index contributed by atoms with van der Waals surface area (Å²) in [5.41, 5.74) is 2.12. The maximum absolute atomic E-state index is 14.6. The number of nitrogens with one attached hydrogen (secondary N) is 1.